The molecule has 2 heterocycles. The first-order chi connectivity index (χ1) is 20.8. The molecule has 226 valence electrons. The topological polar surface area (TPSA) is 81.9 Å². The third-order valence-corrected chi connectivity index (χ3v) is 8.36. The number of aliphatic imine (C=N–C) groups is 1. The lowest BCUT2D eigenvalue weighted by atomic mass is 9.85. The number of aromatic amines is 1. The van der Waals surface area contributed by atoms with Gasteiger partial charge in [0.15, 0.2) is 11.6 Å². The zero-order valence-corrected chi connectivity index (χ0v) is 25.1. The van der Waals surface area contributed by atoms with E-state index >= 15 is 4.39 Å². The van der Waals surface area contributed by atoms with Gasteiger partial charge in [0.25, 0.3) is 0 Å². The fraction of sp³-hybridized carbons (Fsp3) is 0.303. The van der Waals surface area contributed by atoms with Gasteiger partial charge in [-0.05, 0) is 68.8 Å². The maximum absolute atomic E-state index is 15.0. The molecule has 4 aromatic rings. The number of aryl methyl sites for hydroxylation is 1. The highest BCUT2D eigenvalue weighted by atomic mass is 32.2. The summed E-state index contributed by atoms with van der Waals surface area (Å²) >= 11 is 1.22. The van der Waals surface area contributed by atoms with E-state index in [0.717, 1.165) is 29.7 Å². The van der Waals surface area contributed by atoms with Crippen LogP contribution in [-0.2, 0) is 16.7 Å². The number of nitrogens with one attached hydrogen (secondary N) is 1. The highest BCUT2D eigenvalue weighted by Gasteiger charge is 2.33. The molecule has 1 aliphatic heterocycles. The van der Waals surface area contributed by atoms with Crippen LogP contribution in [-0.4, -0.2) is 37.3 Å². The molecular weight excluding hydrogens is 575 g/mol. The largest absolute Gasteiger partial charge is 0.493 e. The average molecular weight is 610 g/mol. The van der Waals surface area contributed by atoms with E-state index in [1.165, 1.54) is 42.2 Å². The minimum absolute atomic E-state index is 0.0485. The van der Waals surface area contributed by atoms with Crippen molar-refractivity contribution < 1.29 is 27.4 Å². The van der Waals surface area contributed by atoms with Crippen LogP contribution in [0.1, 0.15) is 43.4 Å². The Morgan fingerprint density at radius 1 is 1.19 bits per heavy atom. The molecule has 0 amide bonds. The maximum Gasteiger partial charge on any atom is 0.204 e. The minimum atomic E-state index is -1.14. The molecule has 0 radical (unpaired) electrons. The van der Waals surface area contributed by atoms with E-state index in [-0.39, 0.29) is 28.3 Å². The number of halogens is 3. The summed E-state index contributed by atoms with van der Waals surface area (Å²) in [7, 11) is 0. The second kappa shape index (κ2) is 13.2. The van der Waals surface area contributed by atoms with Crippen LogP contribution in [0, 0.1) is 17.5 Å². The Hall–Kier alpha value is -3.89. The van der Waals surface area contributed by atoms with Crippen LogP contribution in [0.15, 0.2) is 64.6 Å². The molecule has 5 rings (SSSR count). The van der Waals surface area contributed by atoms with Crippen LogP contribution in [0.3, 0.4) is 0 Å². The van der Waals surface area contributed by atoms with E-state index in [9.17, 15) is 8.78 Å². The number of nitrogens with zero attached hydrogens (tertiary/aromatic N) is 1. The molecule has 3 aromatic carbocycles. The number of ether oxygens (including phenoxy) is 3. The Labute approximate surface area is 253 Å². The first-order valence-corrected chi connectivity index (χ1v) is 15.3. The van der Waals surface area contributed by atoms with E-state index in [1.807, 2.05) is 26.0 Å². The van der Waals surface area contributed by atoms with Gasteiger partial charge in [0.05, 0.1) is 22.6 Å². The number of hydrogen-bond acceptors (Lipinski definition) is 6. The highest BCUT2D eigenvalue weighted by molar-refractivity contribution is 7.99. The van der Waals surface area contributed by atoms with Crippen molar-refractivity contribution in [3.05, 3.63) is 88.9 Å². The SMILES string of the molecule is CCOCCCc1cccc2c1OCCC2(C)N=CC=C(N)c1cc(Oc2c(F)c(F)c3[nH]ccc3c2SC)ccc1F. The Morgan fingerprint density at radius 2 is 2.02 bits per heavy atom. The zero-order chi connectivity index (χ0) is 30.6. The van der Waals surface area contributed by atoms with Gasteiger partial charge in [0, 0.05) is 54.3 Å². The number of thioether (sulfide) groups is 1. The van der Waals surface area contributed by atoms with E-state index in [4.69, 9.17) is 24.9 Å². The van der Waals surface area contributed by atoms with Crippen LogP contribution < -0.4 is 15.2 Å². The van der Waals surface area contributed by atoms with Crippen LogP contribution in [0.2, 0.25) is 0 Å². The van der Waals surface area contributed by atoms with Crippen LogP contribution in [0.4, 0.5) is 13.2 Å². The molecule has 43 heavy (non-hydrogen) atoms. The summed E-state index contributed by atoms with van der Waals surface area (Å²) in [5.74, 6) is -2.09. The summed E-state index contributed by atoms with van der Waals surface area (Å²) in [6, 6.07) is 11.6. The zero-order valence-electron chi connectivity index (χ0n) is 24.3. The predicted molar refractivity (Wildman–Crippen MR) is 166 cm³/mol. The van der Waals surface area contributed by atoms with Gasteiger partial charge in [-0.3, -0.25) is 4.99 Å². The summed E-state index contributed by atoms with van der Waals surface area (Å²) in [5, 5.41) is 0.486. The number of rotatable bonds is 11. The molecule has 0 bridgehead atoms. The Kier molecular flexibility index (Phi) is 9.37. The standard InChI is InChI=1S/C33H34F3N3O3S/c1-4-40-17-6-8-20-7-5-9-24-30(20)41-18-14-33(24,2)39-16-13-26(37)23-19-21(10-11-25(23)34)42-31-28(36)27(35)29-22(12-15-38-29)32(31)43-3/h5,7,9-13,15-16,19,38H,4,6,8,14,17-18,37H2,1-3H3. The molecule has 0 spiro atoms. The van der Waals surface area contributed by atoms with E-state index in [1.54, 1.807) is 18.5 Å². The van der Waals surface area contributed by atoms with Crippen molar-refractivity contribution in [1.29, 1.82) is 0 Å². The Balaban J connectivity index is 1.39. The molecule has 0 aliphatic carbocycles. The maximum atomic E-state index is 15.0. The first kappa shape index (κ1) is 30.6. The van der Waals surface area contributed by atoms with Crippen molar-refractivity contribution in [2.45, 2.75) is 43.5 Å². The number of H-pyrrole nitrogens is 1. The van der Waals surface area contributed by atoms with Crippen LogP contribution >= 0.6 is 11.8 Å². The third-order valence-electron chi connectivity index (χ3n) is 7.55. The monoisotopic (exact) mass is 609 g/mol. The summed E-state index contributed by atoms with van der Waals surface area (Å²) in [5.41, 5.74) is 8.02. The molecule has 0 saturated carbocycles. The van der Waals surface area contributed by atoms with Gasteiger partial charge in [-0.15, -0.1) is 11.8 Å². The van der Waals surface area contributed by atoms with Gasteiger partial charge >= 0.3 is 0 Å². The molecule has 1 atom stereocenters. The highest BCUT2D eigenvalue weighted by Crippen LogP contribution is 2.43. The molecule has 1 aromatic heterocycles. The molecule has 0 fully saturated rings. The number of allylic oxidation sites excluding steroid dienone is 1. The van der Waals surface area contributed by atoms with Crippen molar-refractivity contribution in [1.82, 2.24) is 4.98 Å². The van der Waals surface area contributed by atoms with Crippen LogP contribution in [0.25, 0.3) is 16.6 Å². The Bertz CT molecular complexity index is 1690. The van der Waals surface area contributed by atoms with Gasteiger partial charge in [-0.2, -0.15) is 4.39 Å². The lowest BCUT2D eigenvalue weighted by Gasteiger charge is -2.33. The number of aromatic nitrogens is 1. The van der Waals surface area contributed by atoms with E-state index < -0.39 is 23.0 Å². The van der Waals surface area contributed by atoms with Crippen molar-refractivity contribution in [3.8, 4) is 17.2 Å². The third kappa shape index (κ3) is 6.26. The lowest BCUT2D eigenvalue weighted by Crippen LogP contribution is -2.28. The van der Waals surface area contributed by atoms with Gasteiger partial charge in [0.2, 0.25) is 5.82 Å². The lowest BCUT2D eigenvalue weighted by molar-refractivity contribution is 0.145. The molecule has 3 N–H and O–H groups in total. The van der Waals surface area contributed by atoms with Crippen molar-refractivity contribution in [3.63, 3.8) is 0 Å². The average Bonchev–Trinajstić information content (AvgIpc) is 3.49. The molecular formula is C33H34F3N3O3S. The quantitative estimate of drug-likeness (QED) is 0.102. The summed E-state index contributed by atoms with van der Waals surface area (Å²) in [6.45, 7) is 5.91. The predicted octanol–water partition coefficient (Wildman–Crippen LogP) is 8.14. The van der Waals surface area contributed by atoms with Crippen molar-refractivity contribution in [2.24, 2.45) is 10.7 Å². The van der Waals surface area contributed by atoms with Gasteiger partial charge in [-0.1, -0.05) is 18.2 Å². The van der Waals surface area contributed by atoms with E-state index in [0.29, 0.717) is 36.5 Å². The van der Waals surface area contributed by atoms with Crippen molar-refractivity contribution >= 4 is 34.6 Å². The normalized spacial score (nSPS) is 16.9. The van der Waals surface area contributed by atoms with Gasteiger partial charge in [-0.25, -0.2) is 8.78 Å². The summed E-state index contributed by atoms with van der Waals surface area (Å²) in [6.07, 6.45) is 8.75. The number of benzene rings is 3. The fourth-order valence-corrected chi connectivity index (χ4v) is 5.96. The Morgan fingerprint density at radius 3 is 2.81 bits per heavy atom. The minimum Gasteiger partial charge on any atom is -0.493 e. The van der Waals surface area contributed by atoms with Gasteiger partial charge in [0.1, 0.15) is 17.3 Å². The number of hydrogen-bond donors (Lipinski definition) is 2. The number of fused-ring (bicyclic) bond motifs is 2. The van der Waals surface area contributed by atoms with E-state index in [2.05, 4.69) is 11.1 Å². The molecule has 10 heteroatoms. The second-order valence-electron chi connectivity index (χ2n) is 10.4. The number of nitrogens with two attached hydrogens (primary N) is 1. The molecule has 1 unspecified atom stereocenters. The van der Waals surface area contributed by atoms with Crippen LogP contribution in [0.5, 0.6) is 17.2 Å². The summed E-state index contributed by atoms with van der Waals surface area (Å²) < 4.78 is 61.9. The fourth-order valence-electron chi connectivity index (χ4n) is 5.25. The number of para-hydroxylation sites is 1. The van der Waals surface area contributed by atoms with Gasteiger partial charge < -0.3 is 24.9 Å². The van der Waals surface area contributed by atoms with Crippen molar-refractivity contribution in [2.75, 3.05) is 26.1 Å². The second-order valence-corrected chi connectivity index (χ2v) is 11.2. The molecule has 0 saturated heterocycles. The summed E-state index contributed by atoms with van der Waals surface area (Å²) in [4.78, 5) is 7.95. The first-order valence-electron chi connectivity index (χ1n) is 14.1. The molecule has 1 aliphatic rings. The smallest absolute Gasteiger partial charge is 0.204 e. The molecule has 6 nitrogen and oxygen atoms in total.